The van der Waals surface area contributed by atoms with Crippen molar-refractivity contribution >= 4 is 22.6 Å². The first-order chi connectivity index (χ1) is 11.6. The zero-order valence-corrected chi connectivity index (χ0v) is 15.8. The summed E-state index contributed by atoms with van der Waals surface area (Å²) in [4.78, 5) is 7.72. The fraction of sp³-hybridized carbons (Fsp3) is 0.600. The predicted molar refractivity (Wildman–Crippen MR) is 103 cm³/mol. The Morgan fingerprint density at radius 3 is 2.58 bits per heavy atom. The molecule has 1 saturated heterocycles. The van der Waals surface area contributed by atoms with Gasteiger partial charge >= 0.3 is 0 Å². The van der Waals surface area contributed by atoms with E-state index in [1.165, 1.54) is 49.4 Å². The molecule has 1 aliphatic carbocycles. The van der Waals surface area contributed by atoms with Crippen LogP contribution in [0.4, 0.5) is 5.69 Å². The summed E-state index contributed by atoms with van der Waals surface area (Å²) in [5.74, 6) is 1.18. The molecule has 2 aliphatic rings. The van der Waals surface area contributed by atoms with Crippen molar-refractivity contribution in [2.24, 2.45) is 4.99 Å². The Kier molecular flexibility index (Phi) is 5.20. The van der Waals surface area contributed by atoms with Gasteiger partial charge in [-0.1, -0.05) is 38.5 Å². The van der Waals surface area contributed by atoms with Gasteiger partial charge in [0.15, 0.2) is 5.17 Å². The van der Waals surface area contributed by atoms with Crippen LogP contribution in [0.3, 0.4) is 0 Å². The lowest BCUT2D eigenvalue weighted by atomic mass is 9.94. The summed E-state index contributed by atoms with van der Waals surface area (Å²) in [5.41, 5.74) is 3.13. The van der Waals surface area contributed by atoms with Gasteiger partial charge in [0, 0.05) is 11.8 Å². The zero-order valence-electron chi connectivity index (χ0n) is 15.0. The van der Waals surface area contributed by atoms with Crippen molar-refractivity contribution in [2.75, 3.05) is 5.75 Å². The molecular weight excluding hydrogens is 314 g/mol. The molecule has 0 amide bonds. The van der Waals surface area contributed by atoms with Gasteiger partial charge in [-0.3, -0.25) is 0 Å². The van der Waals surface area contributed by atoms with Crippen LogP contribution in [-0.2, 0) is 0 Å². The van der Waals surface area contributed by atoms with Crippen LogP contribution >= 0.6 is 11.8 Å². The van der Waals surface area contributed by atoms with Crippen molar-refractivity contribution in [3.63, 3.8) is 0 Å². The van der Waals surface area contributed by atoms with E-state index in [0.717, 1.165) is 11.3 Å². The van der Waals surface area contributed by atoms with Crippen molar-refractivity contribution in [2.45, 2.75) is 70.9 Å². The van der Waals surface area contributed by atoms with Crippen LogP contribution in [0.25, 0.3) is 0 Å². The van der Waals surface area contributed by atoms with Gasteiger partial charge in [0.05, 0.1) is 22.9 Å². The number of hydrogen-bond donors (Lipinski definition) is 0. The van der Waals surface area contributed by atoms with E-state index in [0.29, 0.717) is 17.1 Å². The van der Waals surface area contributed by atoms with E-state index in [2.05, 4.69) is 24.8 Å². The van der Waals surface area contributed by atoms with Crippen LogP contribution in [0.5, 0.6) is 0 Å². The zero-order chi connectivity index (χ0) is 17.2. The monoisotopic (exact) mass is 341 g/mol. The van der Waals surface area contributed by atoms with Gasteiger partial charge in [-0.2, -0.15) is 5.26 Å². The fourth-order valence-electron chi connectivity index (χ4n) is 4.20. The third-order valence-electron chi connectivity index (χ3n) is 5.57. The second kappa shape index (κ2) is 7.19. The lowest BCUT2D eigenvalue weighted by Crippen LogP contribution is -2.50. The van der Waals surface area contributed by atoms with E-state index in [1.54, 1.807) is 0 Å². The Morgan fingerprint density at radius 2 is 2.00 bits per heavy atom. The Hall–Kier alpha value is -1.47. The summed E-state index contributed by atoms with van der Waals surface area (Å²) in [6.07, 6.45) is 7.65. The molecule has 1 aromatic carbocycles. The molecule has 1 aromatic rings. The normalized spacial score (nSPS) is 21.1. The van der Waals surface area contributed by atoms with Gasteiger partial charge in [0.25, 0.3) is 0 Å². The summed E-state index contributed by atoms with van der Waals surface area (Å²) < 4.78 is 0. The summed E-state index contributed by atoms with van der Waals surface area (Å²) in [7, 11) is 0. The van der Waals surface area contributed by atoms with Crippen LogP contribution < -0.4 is 0 Å². The summed E-state index contributed by atoms with van der Waals surface area (Å²) in [6, 6.07) is 8.59. The van der Waals surface area contributed by atoms with Crippen molar-refractivity contribution in [3.05, 3.63) is 29.3 Å². The molecule has 2 fully saturated rings. The maximum Gasteiger partial charge on any atom is 0.165 e. The molecule has 0 aromatic heterocycles. The highest BCUT2D eigenvalue weighted by atomic mass is 32.2. The molecule has 128 valence electrons. The van der Waals surface area contributed by atoms with Crippen molar-refractivity contribution < 1.29 is 0 Å². The van der Waals surface area contributed by atoms with Crippen LogP contribution in [-0.4, -0.2) is 27.4 Å². The first-order valence-electron chi connectivity index (χ1n) is 9.15. The summed E-state index contributed by atoms with van der Waals surface area (Å²) >= 11 is 1.93. The number of nitrogens with zero attached hydrogens (tertiary/aromatic N) is 3. The topological polar surface area (TPSA) is 39.4 Å². The number of aryl methyl sites for hydroxylation is 1. The standard InChI is InChI=1S/C20H27N3S/c1-4-17(5-2)23-19(24-14-20(23)10-6-7-11-20)22-18-9-8-16(13-21)12-15(18)3/h8-9,12,17H,4-7,10-11,14H2,1-3H3. The molecule has 0 radical (unpaired) electrons. The minimum Gasteiger partial charge on any atom is -0.342 e. The molecule has 1 heterocycles. The van der Waals surface area contributed by atoms with Gasteiger partial charge in [-0.25, -0.2) is 4.99 Å². The minimum atomic E-state index is 0.334. The second-order valence-electron chi connectivity index (χ2n) is 7.07. The number of hydrogen-bond acceptors (Lipinski definition) is 3. The van der Waals surface area contributed by atoms with E-state index >= 15 is 0 Å². The first-order valence-corrected chi connectivity index (χ1v) is 10.1. The highest BCUT2D eigenvalue weighted by molar-refractivity contribution is 8.14. The number of amidine groups is 1. The molecule has 1 saturated carbocycles. The Labute approximate surface area is 150 Å². The molecule has 0 N–H and O–H groups in total. The number of benzene rings is 1. The fourth-order valence-corrected chi connectivity index (χ4v) is 5.67. The molecule has 24 heavy (non-hydrogen) atoms. The van der Waals surface area contributed by atoms with E-state index in [1.807, 2.05) is 36.9 Å². The molecule has 3 nitrogen and oxygen atoms in total. The lowest BCUT2D eigenvalue weighted by Gasteiger charge is -2.41. The number of rotatable bonds is 4. The molecular formula is C20H27N3S. The van der Waals surface area contributed by atoms with Crippen LogP contribution in [0.1, 0.15) is 63.5 Å². The van der Waals surface area contributed by atoms with Gasteiger partial charge in [-0.15, -0.1) is 0 Å². The summed E-state index contributed by atoms with van der Waals surface area (Å²) in [5, 5.41) is 10.3. The van der Waals surface area contributed by atoms with Crippen molar-refractivity contribution in [1.29, 1.82) is 5.26 Å². The smallest absolute Gasteiger partial charge is 0.165 e. The maximum atomic E-state index is 9.06. The van der Waals surface area contributed by atoms with Crippen molar-refractivity contribution in [1.82, 2.24) is 4.90 Å². The highest BCUT2D eigenvalue weighted by Gasteiger charge is 2.48. The van der Waals surface area contributed by atoms with E-state index in [-0.39, 0.29) is 0 Å². The molecule has 0 bridgehead atoms. The average molecular weight is 342 g/mol. The lowest BCUT2D eigenvalue weighted by molar-refractivity contribution is 0.153. The van der Waals surface area contributed by atoms with Crippen LogP contribution in [0, 0.1) is 18.3 Å². The third kappa shape index (κ3) is 3.07. The van der Waals surface area contributed by atoms with E-state index in [4.69, 9.17) is 10.3 Å². The molecule has 1 spiro atoms. The quantitative estimate of drug-likeness (QED) is 0.735. The number of aliphatic imine (C=N–C) groups is 1. The van der Waals surface area contributed by atoms with Crippen LogP contribution in [0.15, 0.2) is 23.2 Å². The molecule has 0 atom stereocenters. The third-order valence-corrected chi connectivity index (χ3v) is 6.80. The maximum absolute atomic E-state index is 9.06. The molecule has 3 rings (SSSR count). The largest absolute Gasteiger partial charge is 0.342 e. The van der Waals surface area contributed by atoms with Crippen molar-refractivity contribution in [3.8, 4) is 6.07 Å². The Bertz CT molecular complexity index is 664. The summed E-state index contributed by atoms with van der Waals surface area (Å²) in [6.45, 7) is 6.64. The highest BCUT2D eigenvalue weighted by Crippen LogP contribution is 2.47. The van der Waals surface area contributed by atoms with Gasteiger partial charge in [0.1, 0.15) is 0 Å². The minimum absolute atomic E-state index is 0.334. The van der Waals surface area contributed by atoms with Gasteiger partial charge in [-0.05, 0) is 56.4 Å². The predicted octanol–water partition coefficient (Wildman–Crippen LogP) is 5.40. The SMILES string of the molecule is CCC(CC)N1C(=Nc2ccc(C#N)cc2C)SCC12CCCC2. The number of nitriles is 1. The first kappa shape index (κ1) is 17.4. The Morgan fingerprint density at radius 1 is 1.29 bits per heavy atom. The average Bonchev–Trinajstić information content (AvgIpc) is 3.20. The van der Waals surface area contributed by atoms with E-state index in [9.17, 15) is 0 Å². The van der Waals surface area contributed by atoms with E-state index < -0.39 is 0 Å². The van der Waals surface area contributed by atoms with Gasteiger partial charge in [0.2, 0.25) is 0 Å². The Balaban J connectivity index is 1.98. The molecule has 1 aliphatic heterocycles. The van der Waals surface area contributed by atoms with Crippen LogP contribution in [0.2, 0.25) is 0 Å². The number of thioether (sulfide) groups is 1. The molecule has 4 heteroatoms. The molecule has 0 unspecified atom stereocenters. The second-order valence-corrected chi connectivity index (χ2v) is 8.01. The van der Waals surface area contributed by atoms with Gasteiger partial charge < -0.3 is 4.90 Å².